The van der Waals surface area contributed by atoms with Crippen molar-refractivity contribution in [1.29, 1.82) is 0 Å². The number of nitrogens with two attached hydrogens (primary N) is 1. The van der Waals surface area contributed by atoms with Gasteiger partial charge in [0.1, 0.15) is 0 Å². The number of methoxy groups -OCH3 is 1. The van der Waals surface area contributed by atoms with Crippen LogP contribution in [0.25, 0.3) is 0 Å². The van der Waals surface area contributed by atoms with Gasteiger partial charge in [-0.2, -0.15) is 0 Å². The van der Waals surface area contributed by atoms with Crippen LogP contribution in [0.2, 0.25) is 0 Å². The van der Waals surface area contributed by atoms with Gasteiger partial charge in [-0.3, -0.25) is 0 Å². The highest BCUT2D eigenvalue weighted by Gasteiger charge is 1.91. The molecule has 0 aliphatic rings. The molecule has 78 valence electrons. The zero-order chi connectivity index (χ0) is 10.2. The van der Waals surface area contributed by atoms with E-state index >= 15 is 0 Å². The molecule has 1 aromatic carbocycles. The Morgan fingerprint density at radius 3 is 2.57 bits per heavy atom. The Labute approximate surface area is 85.3 Å². The van der Waals surface area contributed by atoms with E-state index in [1.165, 1.54) is 0 Å². The van der Waals surface area contributed by atoms with Crippen molar-refractivity contribution in [1.82, 2.24) is 0 Å². The standard InChI is InChI=1S/C11H18N2O/c1-14-9-3-2-8-13-11-6-4-10(12)5-7-11/h4-7,13H,2-3,8-9,12H2,1H3. The molecule has 0 heterocycles. The van der Waals surface area contributed by atoms with Crippen LogP contribution in [0.15, 0.2) is 24.3 Å². The second-order valence-electron chi connectivity index (χ2n) is 3.25. The quantitative estimate of drug-likeness (QED) is 0.538. The van der Waals surface area contributed by atoms with Gasteiger partial charge in [0.2, 0.25) is 0 Å². The van der Waals surface area contributed by atoms with E-state index in [0.29, 0.717) is 0 Å². The van der Waals surface area contributed by atoms with E-state index in [0.717, 1.165) is 37.4 Å². The Morgan fingerprint density at radius 1 is 1.21 bits per heavy atom. The SMILES string of the molecule is COCCCCNc1ccc(N)cc1. The highest BCUT2D eigenvalue weighted by atomic mass is 16.5. The van der Waals surface area contributed by atoms with Crippen LogP contribution in [0.1, 0.15) is 12.8 Å². The first-order valence-electron chi connectivity index (χ1n) is 4.91. The molecular formula is C11H18N2O. The molecule has 3 N–H and O–H groups in total. The van der Waals surface area contributed by atoms with Gasteiger partial charge in [0.25, 0.3) is 0 Å². The summed E-state index contributed by atoms with van der Waals surface area (Å²) in [6.07, 6.45) is 2.22. The van der Waals surface area contributed by atoms with Crippen LogP contribution in [-0.2, 0) is 4.74 Å². The predicted molar refractivity (Wildman–Crippen MR) is 60.5 cm³/mol. The van der Waals surface area contributed by atoms with Crippen molar-refractivity contribution in [3.63, 3.8) is 0 Å². The monoisotopic (exact) mass is 194 g/mol. The summed E-state index contributed by atoms with van der Waals surface area (Å²) in [6, 6.07) is 7.78. The normalized spacial score (nSPS) is 10.1. The van der Waals surface area contributed by atoms with Gasteiger partial charge in [0.15, 0.2) is 0 Å². The van der Waals surface area contributed by atoms with E-state index in [-0.39, 0.29) is 0 Å². The molecule has 0 saturated heterocycles. The third-order valence-corrected chi connectivity index (χ3v) is 2.02. The number of anilines is 2. The number of benzene rings is 1. The Bertz CT molecular complexity index is 246. The van der Waals surface area contributed by atoms with E-state index < -0.39 is 0 Å². The summed E-state index contributed by atoms with van der Waals surface area (Å²) >= 11 is 0. The van der Waals surface area contributed by atoms with Gasteiger partial charge in [-0.1, -0.05) is 0 Å². The lowest BCUT2D eigenvalue weighted by atomic mass is 10.2. The first kappa shape index (κ1) is 10.9. The lowest BCUT2D eigenvalue weighted by Gasteiger charge is -2.05. The molecule has 0 saturated carbocycles. The Kier molecular flexibility index (Phi) is 4.86. The summed E-state index contributed by atoms with van der Waals surface area (Å²) in [5, 5.41) is 3.32. The van der Waals surface area contributed by atoms with Crippen molar-refractivity contribution in [2.75, 3.05) is 31.3 Å². The average molecular weight is 194 g/mol. The fraction of sp³-hybridized carbons (Fsp3) is 0.455. The number of nitrogen functional groups attached to an aromatic ring is 1. The zero-order valence-electron chi connectivity index (χ0n) is 8.62. The van der Waals surface area contributed by atoms with Crippen molar-refractivity contribution >= 4 is 11.4 Å². The summed E-state index contributed by atoms with van der Waals surface area (Å²) in [5.41, 5.74) is 7.50. The molecule has 0 aromatic heterocycles. The number of hydrogen-bond acceptors (Lipinski definition) is 3. The second kappa shape index (κ2) is 6.27. The predicted octanol–water partition coefficient (Wildman–Crippen LogP) is 2.11. The van der Waals surface area contributed by atoms with Crippen LogP contribution in [0.3, 0.4) is 0 Å². The molecule has 0 spiro atoms. The van der Waals surface area contributed by atoms with E-state index in [9.17, 15) is 0 Å². The van der Waals surface area contributed by atoms with Gasteiger partial charge in [0, 0.05) is 31.6 Å². The van der Waals surface area contributed by atoms with Crippen LogP contribution in [0.4, 0.5) is 11.4 Å². The fourth-order valence-electron chi connectivity index (χ4n) is 1.21. The molecule has 0 radical (unpaired) electrons. The van der Waals surface area contributed by atoms with Crippen molar-refractivity contribution in [2.45, 2.75) is 12.8 Å². The van der Waals surface area contributed by atoms with Gasteiger partial charge >= 0.3 is 0 Å². The minimum atomic E-state index is 0.801. The second-order valence-corrected chi connectivity index (χ2v) is 3.25. The number of ether oxygens (including phenoxy) is 1. The highest BCUT2D eigenvalue weighted by Crippen LogP contribution is 2.10. The minimum Gasteiger partial charge on any atom is -0.399 e. The van der Waals surface area contributed by atoms with Gasteiger partial charge < -0.3 is 15.8 Å². The molecule has 0 atom stereocenters. The number of hydrogen-bond donors (Lipinski definition) is 2. The Hall–Kier alpha value is -1.22. The molecule has 0 unspecified atom stereocenters. The van der Waals surface area contributed by atoms with E-state index in [1.54, 1.807) is 7.11 Å². The number of nitrogens with one attached hydrogen (secondary N) is 1. The summed E-state index contributed by atoms with van der Waals surface area (Å²) in [6.45, 7) is 1.82. The third kappa shape index (κ3) is 4.14. The van der Waals surface area contributed by atoms with E-state index in [2.05, 4.69) is 5.32 Å². The molecule has 14 heavy (non-hydrogen) atoms. The summed E-state index contributed by atoms with van der Waals surface area (Å²) < 4.78 is 4.97. The van der Waals surface area contributed by atoms with Crippen LogP contribution in [0.5, 0.6) is 0 Å². The molecule has 3 heteroatoms. The molecule has 0 amide bonds. The molecule has 1 rings (SSSR count). The van der Waals surface area contributed by atoms with E-state index in [4.69, 9.17) is 10.5 Å². The summed E-state index contributed by atoms with van der Waals surface area (Å²) in [5.74, 6) is 0. The van der Waals surface area contributed by atoms with Crippen LogP contribution in [0, 0.1) is 0 Å². The van der Waals surface area contributed by atoms with Crippen LogP contribution in [-0.4, -0.2) is 20.3 Å². The smallest absolute Gasteiger partial charge is 0.0462 e. The molecular weight excluding hydrogens is 176 g/mol. The lowest BCUT2D eigenvalue weighted by Crippen LogP contribution is -2.02. The maximum Gasteiger partial charge on any atom is 0.0462 e. The van der Waals surface area contributed by atoms with E-state index in [1.807, 2.05) is 24.3 Å². The fourth-order valence-corrected chi connectivity index (χ4v) is 1.21. The van der Waals surface area contributed by atoms with Gasteiger partial charge in [-0.15, -0.1) is 0 Å². The number of unbranched alkanes of at least 4 members (excludes halogenated alkanes) is 1. The van der Waals surface area contributed by atoms with Crippen LogP contribution < -0.4 is 11.1 Å². The minimum absolute atomic E-state index is 0.801. The van der Waals surface area contributed by atoms with Gasteiger partial charge in [-0.05, 0) is 37.1 Å². The van der Waals surface area contributed by atoms with Crippen LogP contribution >= 0.6 is 0 Å². The Morgan fingerprint density at radius 2 is 1.93 bits per heavy atom. The summed E-state index contributed by atoms with van der Waals surface area (Å²) in [4.78, 5) is 0. The molecule has 0 aliphatic carbocycles. The molecule has 1 aromatic rings. The third-order valence-electron chi connectivity index (χ3n) is 2.02. The van der Waals surface area contributed by atoms with Gasteiger partial charge in [-0.25, -0.2) is 0 Å². The van der Waals surface area contributed by atoms with Crippen molar-refractivity contribution in [3.05, 3.63) is 24.3 Å². The Balaban J connectivity index is 2.15. The lowest BCUT2D eigenvalue weighted by molar-refractivity contribution is 0.194. The first-order chi connectivity index (χ1) is 6.83. The topological polar surface area (TPSA) is 47.3 Å². The van der Waals surface area contributed by atoms with Crippen molar-refractivity contribution < 1.29 is 4.74 Å². The van der Waals surface area contributed by atoms with Crippen molar-refractivity contribution in [2.24, 2.45) is 0 Å². The highest BCUT2D eigenvalue weighted by molar-refractivity contribution is 5.50. The van der Waals surface area contributed by atoms with Gasteiger partial charge in [0.05, 0.1) is 0 Å². The maximum atomic E-state index is 5.58. The average Bonchev–Trinajstić information content (AvgIpc) is 2.21. The van der Waals surface area contributed by atoms with Crippen molar-refractivity contribution in [3.8, 4) is 0 Å². The maximum absolute atomic E-state index is 5.58. The zero-order valence-corrected chi connectivity index (χ0v) is 8.62. The first-order valence-corrected chi connectivity index (χ1v) is 4.91. The molecule has 0 bridgehead atoms. The molecule has 0 fully saturated rings. The number of rotatable bonds is 6. The largest absolute Gasteiger partial charge is 0.399 e. The molecule has 3 nitrogen and oxygen atoms in total. The summed E-state index contributed by atoms with van der Waals surface area (Å²) in [7, 11) is 1.73. The molecule has 0 aliphatic heterocycles.